The van der Waals surface area contributed by atoms with Crippen molar-refractivity contribution < 1.29 is 28.3 Å². The summed E-state index contributed by atoms with van der Waals surface area (Å²) in [6, 6.07) is 8.86. The van der Waals surface area contributed by atoms with Gasteiger partial charge in [0.05, 0.1) is 22.4 Å². The number of amides is 3. The second-order valence-electron chi connectivity index (χ2n) is 7.75. The Bertz CT molecular complexity index is 1040. The van der Waals surface area contributed by atoms with Crippen LogP contribution < -0.4 is 4.90 Å². The number of hydrogen-bond donors (Lipinski definition) is 0. The van der Waals surface area contributed by atoms with Crippen molar-refractivity contribution in [2.75, 3.05) is 11.5 Å². The van der Waals surface area contributed by atoms with Crippen molar-refractivity contribution in [1.29, 1.82) is 0 Å². The summed E-state index contributed by atoms with van der Waals surface area (Å²) < 4.78 is 18.3. The van der Waals surface area contributed by atoms with Gasteiger partial charge in [0.15, 0.2) is 6.61 Å². The van der Waals surface area contributed by atoms with Crippen LogP contribution in [0.15, 0.2) is 42.5 Å². The molecule has 0 saturated carbocycles. The first-order chi connectivity index (χ1) is 14.6. The van der Waals surface area contributed by atoms with Crippen molar-refractivity contribution in [1.82, 2.24) is 4.90 Å². The fourth-order valence-electron chi connectivity index (χ4n) is 3.65. The van der Waals surface area contributed by atoms with Crippen molar-refractivity contribution in [2.24, 2.45) is 0 Å². The highest BCUT2D eigenvalue weighted by Gasteiger charge is 2.37. The van der Waals surface area contributed by atoms with Crippen LogP contribution in [0.2, 0.25) is 0 Å². The topological polar surface area (TPSA) is 84.0 Å². The van der Waals surface area contributed by atoms with Crippen molar-refractivity contribution in [3.05, 3.63) is 65.0 Å². The van der Waals surface area contributed by atoms with Gasteiger partial charge in [-0.1, -0.05) is 0 Å². The third-order valence-corrected chi connectivity index (χ3v) is 4.93. The summed E-state index contributed by atoms with van der Waals surface area (Å²) in [5.74, 6) is -2.78. The number of halogens is 1. The van der Waals surface area contributed by atoms with Gasteiger partial charge in [0, 0.05) is 12.1 Å². The van der Waals surface area contributed by atoms with E-state index in [-0.39, 0.29) is 40.4 Å². The quantitative estimate of drug-likeness (QED) is 0.522. The molecule has 2 aromatic carbocycles. The van der Waals surface area contributed by atoms with Crippen LogP contribution in [0.3, 0.4) is 0 Å². The molecule has 8 heteroatoms. The summed E-state index contributed by atoms with van der Waals surface area (Å²) in [5, 5.41) is 0. The molecule has 1 aliphatic heterocycles. The second-order valence-corrected chi connectivity index (χ2v) is 7.75. The minimum absolute atomic E-state index is 0.0427. The molecule has 0 N–H and O–H groups in total. The standard InChI is InChI=1S/C23H23FN2O5/c1-13(2)25(14(3)4)20(27)12-31-23(30)15-5-10-18-19(11-15)22(29)26(21(18)28)17-8-6-16(24)7-9-17/h5-11,13-14H,12H2,1-4H3. The number of carbonyl (C=O) groups is 4. The molecule has 0 aliphatic carbocycles. The summed E-state index contributed by atoms with van der Waals surface area (Å²) in [7, 11) is 0. The van der Waals surface area contributed by atoms with E-state index in [4.69, 9.17) is 4.74 Å². The molecule has 0 fully saturated rings. The van der Waals surface area contributed by atoms with Crippen LogP contribution in [0.4, 0.5) is 10.1 Å². The van der Waals surface area contributed by atoms with E-state index in [2.05, 4.69) is 0 Å². The zero-order valence-electron chi connectivity index (χ0n) is 17.7. The van der Waals surface area contributed by atoms with E-state index in [1.54, 1.807) is 4.90 Å². The molecule has 162 valence electrons. The lowest BCUT2D eigenvalue weighted by molar-refractivity contribution is -0.138. The Morgan fingerprint density at radius 2 is 1.52 bits per heavy atom. The SMILES string of the molecule is CC(C)N(C(=O)COC(=O)c1ccc2c(c1)C(=O)N(c1ccc(F)cc1)C2=O)C(C)C. The van der Waals surface area contributed by atoms with E-state index in [1.165, 1.54) is 30.3 Å². The summed E-state index contributed by atoms with van der Waals surface area (Å²) in [6.07, 6.45) is 0. The number of anilines is 1. The van der Waals surface area contributed by atoms with Crippen LogP contribution in [-0.2, 0) is 9.53 Å². The summed E-state index contributed by atoms with van der Waals surface area (Å²) in [6.45, 7) is 7.05. The monoisotopic (exact) mass is 426 g/mol. The third-order valence-electron chi connectivity index (χ3n) is 4.93. The van der Waals surface area contributed by atoms with Gasteiger partial charge in [-0.05, 0) is 70.2 Å². The van der Waals surface area contributed by atoms with E-state index in [0.717, 1.165) is 17.0 Å². The van der Waals surface area contributed by atoms with Crippen LogP contribution >= 0.6 is 0 Å². The first kappa shape index (κ1) is 22.1. The number of imide groups is 1. The molecule has 31 heavy (non-hydrogen) atoms. The summed E-state index contributed by atoms with van der Waals surface area (Å²) >= 11 is 0. The normalized spacial score (nSPS) is 13.1. The highest BCUT2D eigenvalue weighted by atomic mass is 19.1. The fourth-order valence-corrected chi connectivity index (χ4v) is 3.65. The molecule has 0 unspecified atom stereocenters. The first-order valence-electron chi connectivity index (χ1n) is 9.88. The Hall–Kier alpha value is -3.55. The predicted molar refractivity (Wildman–Crippen MR) is 111 cm³/mol. The average Bonchev–Trinajstić information content (AvgIpc) is 2.96. The second kappa shape index (κ2) is 8.67. The van der Waals surface area contributed by atoms with Crippen molar-refractivity contribution in [2.45, 2.75) is 39.8 Å². The van der Waals surface area contributed by atoms with Crippen LogP contribution in [0.25, 0.3) is 0 Å². The highest BCUT2D eigenvalue weighted by molar-refractivity contribution is 6.34. The predicted octanol–water partition coefficient (Wildman–Crippen LogP) is 3.43. The zero-order valence-corrected chi connectivity index (χ0v) is 17.7. The van der Waals surface area contributed by atoms with Gasteiger partial charge in [-0.25, -0.2) is 14.1 Å². The molecule has 0 bridgehead atoms. The van der Waals surface area contributed by atoms with Gasteiger partial charge in [0.1, 0.15) is 5.82 Å². The number of esters is 1. The molecule has 3 amide bonds. The molecule has 0 atom stereocenters. The fraction of sp³-hybridized carbons (Fsp3) is 0.304. The van der Waals surface area contributed by atoms with E-state index in [1.807, 2.05) is 27.7 Å². The summed E-state index contributed by atoms with van der Waals surface area (Å²) in [4.78, 5) is 52.8. The highest BCUT2D eigenvalue weighted by Crippen LogP contribution is 2.29. The number of hydrogen-bond acceptors (Lipinski definition) is 5. The number of benzene rings is 2. The Morgan fingerprint density at radius 3 is 2.10 bits per heavy atom. The minimum atomic E-state index is -0.774. The van der Waals surface area contributed by atoms with Gasteiger partial charge in [-0.2, -0.15) is 0 Å². The first-order valence-corrected chi connectivity index (χ1v) is 9.88. The van der Waals surface area contributed by atoms with E-state index >= 15 is 0 Å². The molecule has 0 saturated heterocycles. The zero-order chi connectivity index (χ0) is 22.9. The van der Waals surface area contributed by atoms with Gasteiger partial charge in [0.25, 0.3) is 17.7 Å². The summed E-state index contributed by atoms with van der Waals surface area (Å²) in [5.41, 5.74) is 0.452. The van der Waals surface area contributed by atoms with E-state index in [0.29, 0.717) is 0 Å². The Kier molecular flexibility index (Phi) is 6.19. The van der Waals surface area contributed by atoms with Crippen LogP contribution in [-0.4, -0.2) is 47.3 Å². The number of carbonyl (C=O) groups excluding carboxylic acids is 4. The molecule has 0 aromatic heterocycles. The molecular formula is C23H23FN2O5. The van der Waals surface area contributed by atoms with E-state index in [9.17, 15) is 23.6 Å². The molecule has 7 nitrogen and oxygen atoms in total. The Morgan fingerprint density at radius 1 is 0.935 bits per heavy atom. The van der Waals surface area contributed by atoms with Crippen molar-refractivity contribution in [3.63, 3.8) is 0 Å². The molecule has 1 aliphatic rings. The maximum atomic E-state index is 13.2. The van der Waals surface area contributed by atoms with Gasteiger partial charge in [-0.3, -0.25) is 14.4 Å². The lowest BCUT2D eigenvalue weighted by Gasteiger charge is -2.30. The molecule has 1 heterocycles. The number of rotatable bonds is 6. The van der Waals surface area contributed by atoms with Gasteiger partial charge in [0.2, 0.25) is 0 Å². The average molecular weight is 426 g/mol. The van der Waals surface area contributed by atoms with Crippen LogP contribution in [0, 0.1) is 5.82 Å². The maximum Gasteiger partial charge on any atom is 0.338 e. The van der Waals surface area contributed by atoms with Gasteiger partial charge < -0.3 is 9.64 Å². The third kappa shape index (κ3) is 4.33. The smallest absolute Gasteiger partial charge is 0.338 e. The van der Waals surface area contributed by atoms with Crippen molar-refractivity contribution >= 4 is 29.4 Å². The number of ether oxygens (including phenoxy) is 1. The molecule has 3 rings (SSSR count). The van der Waals surface area contributed by atoms with Crippen molar-refractivity contribution in [3.8, 4) is 0 Å². The lowest BCUT2D eigenvalue weighted by atomic mass is 10.1. The molecule has 0 spiro atoms. The molecular weight excluding hydrogens is 403 g/mol. The minimum Gasteiger partial charge on any atom is -0.452 e. The van der Waals surface area contributed by atoms with Gasteiger partial charge in [-0.15, -0.1) is 0 Å². The Labute approximate surface area is 179 Å². The van der Waals surface area contributed by atoms with Crippen LogP contribution in [0.5, 0.6) is 0 Å². The maximum absolute atomic E-state index is 13.2. The van der Waals surface area contributed by atoms with Crippen LogP contribution in [0.1, 0.15) is 58.8 Å². The number of nitrogens with zero attached hydrogens (tertiary/aromatic N) is 2. The lowest BCUT2D eigenvalue weighted by Crippen LogP contribution is -2.44. The van der Waals surface area contributed by atoms with Gasteiger partial charge >= 0.3 is 5.97 Å². The molecule has 2 aromatic rings. The van der Waals surface area contributed by atoms with E-state index < -0.39 is 30.2 Å². The molecule has 0 radical (unpaired) electrons. The Balaban J connectivity index is 1.76. The number of fused-ring (bicyclic) bond motifs is 1. The largest absolute Gasteiger partial charge is 0.452 e.